The van der Waals surface area contributed by atoms with Crippen LogP contribution in [0.25, 0.3) is 0 Å². The molecule has 1 aromatic rings. The minimum absolute atomic E-state index is 0.0151. The second-order valence-corrected chi connectivity index (χ2v) is 6.73. The van der Waals surface area contributed by atoms with E-state index in [1.165, 1.54) is 6.42 Å². The predicted molar refractivity (Wildman–Crippen MR) is 97.3 cm³/mol. The largest absolute Gasteiger partial charge is 0.376 e. The standard InChI is InChI=1S/C19H29N3O2/c1-4-9-20-18(23)12-21-17-8-7-16(11-15(17)3)19(24)22-10-5-6-14(2)13-22/h7-8,11,14,21H,4-6,9-10,12-13H2,1-3H3,(H,20,23). The zero-order valence-electron chi connectivity index (χ0n) is 15.0. The Morgan fingerprint density at radius 3 is 2.79 bits per heavy atom. The second-order valence-electron chi connectivity index (χ2n) is 6.73. The number of carbonyl (C=O) groups excluding carboxylic acids is 2. The molecular formula is C19H29N3O2. The van der Waals surface area contributed by atoms with Crippen LogP contribution in [-0.4, -0.2) is 42.9 Å². The number of hydrogen-bond donors (Lipinski definition) is 2. The molecule has 1 fully saturated rings. The highest BCUT2D eigenvalue weighted by molar-refractivity contribution is 5.95. The summed E-state index contributed by atoms with van der Waals surface area (Å²) in [7, 11) is 0. The van der Waals surface area contributed by atoms with Gasteiger partial charge >= 0.3 is 0 Å². The third kappa shape index (κ3) is 4.98. The van der Waals surface area contributed by atoms with E-state index in [4.69, 9.17) is 0 Å². The number of benzene rings is 1. The number of rotatable bonds is 6. The number of anilines is 1. The molecule has 2 N–H and O–H groups in total. The number of likely N-dealkylation sites (tertiary alicyclic amines) is 1. The van der Waals surface area contributed by atoms with Gasteiger partial charge in [-0.2, -0.15) is 0 Å². The van der Waals surface area contributed by atoms with Crippen LogP contribution in [-0.2, 0) is 4.79 Å². The van der Waals surface area contributed by atoms with Crippen molar-refractivity contribution in [1.29, 1.82) is 0 Å². The highest BCUT2D eigenvalue weighted by Crippen LogP contribution is 2.21. The lowest BCUT2D eigenvalue weighted by molar-refractivity contribution is -0.119. The summed E-state index contributed by atoms with van der Waals surface area (Å²) in [5.74, 6) is 0.668. The summed E-state index contributed by atoms with van der Waals surface area (Å²) in [6.45, 7) is 8.81. The summed E-state index contributed by atoms with van der Waals surface area (Å²) in [5, 5.41) is 5.97. The number of nitrogens with one attached hydrogen (secondary N) is 2. The van der Waals surface area contributed by atoms with Gasteiger partial charge in [0.2, 0.25) is 5.91 Å². The molecule has 1 aromatic carbocycles. The lowest BCUT2D eigenvalue weighted by Crippen LogP contribution is -2.39. The quantitative estimate of drug-likeness (QED) is 0.842. The van der Waals surface area contributed by atoms with Crippen molar-refractivity contribution in [2.75, 3.05) is 31.5 Å². The van der Waals surface area contributed by atoms with Crippen molar-refractivity contribution in [3.8, 4) is 0 Å². The van der Waals surface area contributed by atoms with Gasteiger partial charge in [-0.1, -0.05) is 13.8 Å². The Morgan fingerprint density at radius 2 is 2.12 bits per heavy atom. The van der Waals surface area contributed by atoms with Crippen molar-refractivity contribution < 1.29 is 9.59 Å². The van der Waals surface area contributed by atoms with Gasteiger partial charge in [0.05, 0.1) is 6.54 Å². The summed E-state index contributed by atoms with van der Waals surface area (Å²) in [4.78, 5) is 26.3. The first-order valence-electron chi connectivity index (χ1n) is 8.91. The molecule has 2 amide bonds. The highest BCUT2D eigenvalue weighted by atomic mass is 16.2. The van der Waals surface area contributed by atoms with Crippen LogP contribution in [0.4, 0.5) is 5.69 Å². The zero-order chi connectivity index (χ0) is 17.5. The third-order valence-electron chi connectivity index (χ3n) is 4.43. The molecule has 0 saturated carbocycles. The molecule has 1 saturated heterocycles. The van der Waals surface area contributed by atoms with E-state index < -0.39 is 0 Å². The fourth-order valence-electron chi connectivity index (χ4n) is 3.05. The number of aryl methyl sites for hydroxylation is 1. The summed E-state index contributed by atoms with van der Waals surface area (Å²) in [6.07, 6.45) is 3.21. The Bertz CT molecular complexity index is 586. The van der Waals surface area contributed by atoms with E-state index in [-0.39, 0.29) is 18.4 Å². The van der Waals surface area contributed by atoms with Crippen LogP contribution >= 0.6 is 0 Å². The van der Waals surface area contributed by atoms with Crippen LogP contribution in [0.15, 0.2) is 18.2 Å². The van der Waals surface area contributed by atoms with Crippen LogP contribution in [0.3, 0.4) is 0 Å². The van der Waals surface area contributed by atoms with Crippen molar-refractivity contribution in [1.82, 2.24) is 10.2 Å². The smallest absolute Gasteiger partial charge is 0.253 e. The van der Waals surface area contributed by atoms with Gasteiger partial charge < -0.3 is 15.5 Å². The van der Waals surface area contributed by atoms with Gasteiger partial charge in [-0.15, -0.1) is 0 Å². The minimum Gasteiger partial charge on any atom is -0.376 e. The van der Waals surface area contributed by atoms with Crippen molar-refractivity contribution in [3.05, 3.63) is 29.3 Å². The van der Waals surface area contributed by atoms with E-state index in [2.05, 4.69) is 17.6 Å². The highest BCUT2D eigenvalue weighted by Gasteiger charge is 2.22. The maximum Gasteiger partial charge on any atom is 0.253 e. The maximum atomic E-state index is 12.6. The molecule has 1 aliphatic heterocycles. The molecule has 1 unspecified atom stereocenters. The van der Waals surface area contributed by atoms with Gasteiger partial charge in [-0.05, 0) is 55.9 Å². The van der Waals surface area contributed by atoms with Crippen LogP contribution in [0.5, 0.6) is 0 Å². The van der Waals surface area contributed by atoms with Gasteiger partial charge in [0.25, 0.3) is 5.91 Å². The Morgan fingerprint density at radius 1 is 1.33 bits per heavy atom. The van der Waals surface area contributed by atoms with Gasteiger partial charge in [0, 0.05) is 30.9 Å². The van der Waals surface area contributed by atoms with Crippen LogP contribution in [0.2, 0.25) is 0 Å². The normalized spacial score (nSPS) is 17.5. The number of carbonyl (C=O) groups is 2. The average Bonchev–Trinajstić information content (AvgIpc) is 2.58. The van der Waals surface area contributed by atoms with E-state index >= 15 is 0 Å². The summed E-state index contributed by atoms with van der Waals surface area (Å²) in [6, 6.07) is 5.65. The van der Waals surface area contributed by atoms with Crippen LogP contribution in [0.1, 0.15) is 49.0 Å². The van der Waals surface area contributed by atoms with Gasteiger partial charge in [-0.3, -0.25) is 9.59 Å². The number of amides is 2. The molecule has 1 aliphatic rings. The Labute approximate surface area is 144 Å². The first-order valence-corrected chi connectivity index (χ1v) is 8.91. The van der Waals surface area contributed by atoms with E-state index in [0.29, 0.717) is 12.5 Å². The molecule has 0 bridgehead atoms. The third-order valence-corrected chi connectivity index (χ3v) is 4.43. The molecule has 2 rings (SSSR count). The van der Waals surface area contributed by atoms with Crippen LogP contribution in [0, 0.1) is 12.8 Å². The molecular weight excluding hydrogens is 302 g/mol. The fraction of sp³-hybridized carbons (Fsp3) is 0.579. The SMILES string of the molecule is CCCNC(=O)CNc1ccc(C(=O)N2CCCC(C)C2)cc1C. The van der Waals surface area contributed by atoms with E-state index in [1.807, 2.05) is 36.9 Å². The molecule has 132 valence electrons. The molecule has 5 heteroatoms. The van der Waals surface area contributed by atoms with Crippen molar-refractivity contribution in [2.24, 2.45) is 5.92 Å². The molecule has 5 nitrogen and oxygen atoms in total. The van der Waals surface area contributed by atoms with Crippen LogP contribution < -0.4 is 10.6 Å². The molecule has 0 radical (unpaired) electrons. The number of piperidine rings is 1. The minimum atomic E-state index is -0.0151. The molecule has 1 heterocycles. The second kappa shape index (κ2) is 8.71. The first-order chi connectivity index (χ1) is 11.5. The number of nitrogens with zero attached hydrogens (tertiary/aromatic N) is 1. The maximum absolute atomic E-state index is 12.6. The van der Waals surface area contributed by atoms with Gasteiger partial charge in [0.15, 0.2) is 0 Å². The molecule has 0 aromatic heterocycles. The summed E-state index contributed by atoms with van der Waals surface area (Å²) >= 11 is 0. The average molecular weight is 331 g/mol. The van der Waals surface area contributed by atoms with E-state index in [9.17, 15) is 9.59 Å². The van der Waals surface area contributed by atoms with E-state index in [0.717, 1.165) is 42.7 Å². The Balaban J connectivity index is 1.96. The van der Waals surface area contributed by atoms with E-state index in [1.54, 1.807) is 0 Å². The first kappa shape index (κ1) is 18.3. The Hall–Kier alpha value is -2.04. The fourth-order valence-corrected chi connectivity index (χ4v) is 3.05. The lowest BCUT2D eigenvalue weighted by Gasteiger charge is -2.31. The van der Waals surface area contributed by atoms with Gasteiger partial charge in [0.1, 0.15) is 0 Å². The molecule has 1 atom stereocenters. The molecule has 0 spiro atoms. The van der Waals surface area contributed by atoms with Crippen molar-refractivity contribution in [3.63, 3.8) is 0 Å². The zero-order valence-corrected chi connectivity index (χ0v) is 15.0. The summed E-state index contributed by atoms with van der Waals surface area (Å²) < 4.78 is 0. The van der Waals surface area contributed by atoms with Crippen molar-refractivity contribution in [2.45, 2.75) is 40.0 Å². The predicted octanol–water partition coefficient (Wildman–Crippen LogP) is 2.81. The Kier molecular flexibility index (Phi) is 6.64. The lowest BCUT2D eigenvalue weighted by atomic mass is 9.99. The molecule has 24 heavy (non-hydrogen) atoms. The topological polar surface area (TPSA) is 61.4 Å². The molecule has 0 aliphatic carbocycles. The van der Waals surface area contributed by atoms with Crippen molar-refractivity contribution >= 4 is 17.5 Å². The van der Waals surface area contributed by atoms with Gasteiger partial charge in [-0.25, -0.2) is 0 Å². The number of hydrogen-bond acceptors (Lipinski definition) is 3. The summed E-state index contributed by atoms with van der Waals surface area (Å²) in [5.41, 5.74) is 2.60. The monoisotopic (exact) mass is 331 g/mol.